The first-order chi connectivity index (χ1) is 12.8. The Bertz CT molecular complexity index is 838. The van der Waals surface area contributed by atoms with E-state index in [-0.39, 0.29) is 24.0 Å². The lowest BCUT2D eigenvalue weighted by Crippen LogP contribution is -2.33. The SMILES string of the molecule is COc1ccc2c(C)c(CCC(=O)NC(C)CCCC(C)C)c(=O)oc2c1. The molecule has 27 heavy (non-hydrogen) atoms. The fraction of sp³-hybridized carbons (Fsp3) is 0.545. The molecule has 0 radical (unpaired) electrons. The number of benzene rings is 1. The normalized spacial score (nSPS) is 12.4. The molecule has 5 nitrogen and oxygen atoms in total. The topological polar surface area (TPSA) is 68.5 Å². The zero-order valence-electron chi connectivity index (χ0n) is 17.1. The summed E-state index contributed by atoms with van der Waals surface area (Å²) in [4.78, 5) is 24.6. The maximum Gasteiger partial charge on any atom is 0.339 e. The highest BCUT2D eigenvalue weighted by Crippen LogP contribution is 2.24. The van der Waals surface area contributed by atoms with Crippen molar-refractivity contribution in [2.75, 3.05) is 7.11 Å². The molecule has 1 atom stereocenters. The number of hydrogen-bond donors (Lipinski definition) is 1. The number of rotatable bonds is 9. The smallest absolute Gasteiger partial charge is 0.339 e. The molecule has 1 unspecified atom stereocenters. The van der Waals surface area contributed by atoms with Gasteiger partial charge in [0.15, 0.2) is 0 Å². The Hall–Kier alpha value is -2.30. The Morgan fingerprint density at radius 3 is 2.63 bits per heavy atom. The largest absolute Gasteiger partial charge is 0.497 e. The summed E-state index contributed by atoms with van der Waals surface area (Å²) in [6, 6.07) is 5.58. The van der Waals surface area contributed by atoms with Crippen molar-refractivity contribution < 1.29 is 13.9 Å². The number of methoxy groups -OCH3 is 1. The van der Waals surface area contributed by atoms with Crippen LogP contribution in [0.1, 0.15) is 57.6 Å². The van der Waals surface area contributed by atoms with Gasteiger partial charge in [0.05, 0.1) is 7.11 Å². The quantitative estimate of drug-likeness (QED) is 0.663. The van der Waals surface area contributed by atoms with Crippen LogP contribution in [0, 0.1) is 12.8 Å². The second-order valence-corrected chi connectivity index (χ2v) is 7.65. The van der Waals surface area contributed by atoms with Crippen molar-refractivity contribution in [3.63, 3.8) is 0 Å². The van der Waals surface area contributed by atoms with Crippen LogP contribution in [0.25, 0.3) is 11.0 Å². The average Bonchev–Trinajstić information content (AvgIpc) is 2.60. The van der Waals surface area contributed by atoms with Gasteiger partial charge in [-0.1, -0.05) is 26.7 Å². The van der Waals surface area contributed by atoms with Crippen LogP contribution >= 0.6 is 0 Å². The van der Waals surface area contributed by atoms with Gasteiger partial charge in [-0.3, -0.25) is 4.79 Å². The van der Waals surface area contributed by atoms with Gasteiger partial charge in [-0.2, -0.15) is 0 Å². The van der Waals surface area contributed by atoms with E-state index in [2.05, 4.69) is 19.2 Å². The standard InChI is InChI=1S/C22H31NO4/c1-14(2)7-6-8-15(3)23-21(24)12-11-19-16(4)18-10-9-17(26-5)13-20(18)27-22(19)25/h9-10,13-15H,6-8,11-12H2,1-5H3,(H,23,24). The highest BCUT2D eigenvalue weighted by Gasteiger charge is 2.14. The van der Waals surface area contributed by atoms with Crippen LogP contribution in [0.15, 0.2) is 27.4 Å². The number of carbonyl (C=O) groups is 1. The van der Waals surface area contributed by atoms with Crippen LogP contribution in [-0.4, -0.2) is 19.1 Å². The number of fused-ring (bicyclic) bond motifs is 1. The molecule has 0 fully saturated rings. The van der Waals surface area contributed by atoms with Gasteiger partial charge in [0.25, 0.3) is 0 Å². The summed E-state index contributed by atoms with van der Waals surface area (Å²) in [5.74, 6) is 1.30. The zero-order chi connectivity index (χ0) is 20.0. The maximum absolute atomic E-state index is 12.4. The Morgan fingerprint density at radius 2 is 1.96 bits per heavy atom. The Kier molecular flexibility index (Phi) is 7.45. The van der Waals surface area contributed by atoms with Crippen LogP contribution < -0.4 is 15.7 Å². The second-order valence-electron chi connectivity index (χ2n) is 7.65. The molecule has 1 amide bonds. The van der Waals surface area contributed by atoms with Gasteiger partial charge in [-0.25, -0.2) is 4.79 Å². The van der Waals surface area contributed by atoms with Crippen molar-refractivity contribution in [2.24, 2.45) is 5.92 Å². The van der Waals surface area contributed by atoms with Crippen molar-refractivity contribution in [3.05, 3.63) is 39.7 Å². The minimum Gasteiger partial charge on any atom is -0.497 e. The van der Waals surface area contributed by atoms with E-state index in [4.69, 9.17) is 9.15 Å². The number of nitrogens with one attached hydrogen (secondary N) is 1. The third kappa shape index (κ3) is 5.84. The zero-order valence-corrected chi connectivity index (χ0v) is 17.1. The fourth-order valence-electron chi connectivity index (χ4n) is 3.28. The van der Waals surface area contributed by atoms with Gasteiger partial charge in [0.1, 0.15) is 11.3 Å². The summed E-state index contributed by atoms with van der Waals surface area (Å²) >= 11 is 0. The molecule has 1 aromatic heterocycles. The molecule has 0 aliphatic heterocycles. The van der Waals surface area contributed by atoms with E-state index >= 15 is 0 Å². The van der Waals surface area contributed by atoms with Crippen LogP contribution in [-0.2, 0) is 11.2 Å². The van der Waals surface area contributed by atoms with E-state index in [1.54, 1.807) is 13.2 Å². The van der Waals surface area contributed by atoms with Gasteiger partial charge in [0.2, 0.25) is 5.91 Å². The first-order valence-electron chi connectivity index (χ1n) is 9.71. The summed E-state index contributed by atoms with van der Waals surface area (Å²) in [7, 11) is 1.57. The third-order valence-corrected chi connectivity index (χ3v) is 4.92. The van der Waals surface area contributed by atoms with Crippen molar-refractivity contribution in [1.82, 2.24) is 5.32 Å². The monoisotopic (exact) mass is 373 g/mol. The van der Waals surface area contributed by atoms with Crippen molar-refractivity contribution >= 4 is 16.9 Å². The fourth-order valence-corrected chi connectivity index (χ4v) is 3.28. The number of amides is 1. The Morgan fingerprint density at radius 1 is 1.22 bits per heavy atom. The lowest BCUT2D eigenvalue weighted by Gasteiger charge is -2.15. The molecule has 148 valence electrons. The molecular weight excluding hydrogens is 342 g/mol. The van der Waals surface area contributed by atoms with Gasteiger partial charge >= 0.3 is 5.63 Å². The third-order valence-electron chi connectivity index (χ3n) is 4.92. The minimum atomic E-state index is -0.383. The predicted molar refractivity (Wildman–Crippen MR) is 108 cm³/mol. The molecule has 0 saturated heterocycles. The van der Waals surface area contributed by atoms with E-state index in [0.29, 0.717) is 29.2 Å². The molecule has 1 aromatic carbocycles. The maximum atomic E-state index is 12.4. The first-order valence-corrected chi connectivity index (χ1v) is 9.71. The van der Waals surface area contributed by atoms with Crippen LogP contribution in [0.5, 0.6) is 5.75 Å². The van der Waals surface area contributed by atoms with Crippen molar-refractivity contribution in [1.29, 1.82) is 0 Å². The molecule has 2 rings (SSSR count). The summed E-state index contributed by atoms with van der Waals surface area (Å²) in [5, 5.41) is 3.90. The summed E-state index contributed by atoms with van der Waals surface area (Å²) in [6.45, 7) is 8.34. The van der Waals surface area contributed by atoms with Crippen molar-refractivity contribution in [3.8, 4) is 5.75 Å². The Balaban J connectivity index is 2.00. The Labute approximate surface area is 161 Å². The number of hydrogen-bond acceptors (Lipinski definition) is 4. The molecule has 5 heteroatoms. The molecule has 1 N–H and O–H groups in total. The number of carbonyl (C=O) groups excluding carboxylic acids is 1. The van der Waals surface area contributed by atoms with E-state index in [0.717, 1.165) is 23.8 Å². The highest BCUT2D eigenvalue weighted by atomic mass is 16.5. The number of ether oxygens (including phenoxy) is 1. The average molecular weight is 373 g/mol. The molecular formula is C22H31NO4. The number of aryl methyl sites for hydroxylation is 1. The minimum absolute atomic E-state index is 0.0272. The summed E-state index contributed by atoms with van der Waals surface area (Å²) in [5.41, 5.74) is 1.55. The van der Waals surface area contributed by atoms with Crippen LogP contribution in [0.3, 0.4) is 0 Å². The second kappa shape index (κ2) is 9.58. The molecule has 0 saturated carbocycles. The van der Waals surface area contributed by atoms with Gasteiger partial charge in [-0.15, -0.1) is 0 Å². The molecule has 0 bridgehead atoms. The molecule has 0 aliphatic carbocycles. The lowest BCUT2D eigenvalue weighted by atomic mass is 10.0. The van der Waals surface area contributed by atoms with Crippen LogP contribution in [0.2, 0.25) is 0 Å². The lowest BCUT2D eigenvalue weighted by molar-refractivity contribution is -0.121. The highest BCUT2D eigenvalue weighted by molar-refractivity contribution is 5.82. The van der Waals surface area contributed by atoms with E-state index in [1.165, 1.54) is 6.42 Å². The summed E-state index contributed by atoms with van der Waals surface area (Å²) < 4.78 is 10.6. The molecule has 1 heterocycles. The van der Waals surface area contributed by atoms with Gasteiger partial charge in [-0.05, 0) is 50.3 Å². The van der Waals surface area contributed by atoms with Gasteiger partial charge in [0, 0.05) is 29.5 Å². The van der Waals surface area contributed by atoms with Crippen molar-refractivity contribution in [2.45, 2.75) is 65.8 Å². The van der Waals surface area contributed by atoms with Gasteiger partial charge < -0.3 is 14.5 Å². The van der Waals surface area contributed by atoms with E-state index in [1.807, 2.05) is 26.0 Å². The predicted octanol–water partition coefficient (Wildman–Crippen LogP) is 4.37. The first kappa shape index (κ1) is 21.0. The molecule has 0 spiro atoms. The molecule has 2 aromatic rings. The van der Waals surface area contributed by atoms with E-state index < -0.39 is 0 Å². The van der Waals surface area contributed by atoms with E-state index in [9.17, 15) is 9.59 Å². The molecule has 0 aliphatic rings. The van der Waals surface area contributed by atoms with Crippen LogP contribution in [0.4, 0.5) is 0 Å². The summed E-state index contributed by atoms with van der Waals surface area (Å²) in [6.07, 6.45) is 3.91.